The van der Waals surface area contributed by atoms with Crippen LogP contribution in [0.25, 0.3) is 16.8 Å². The average Bonchev–Trinajstić information content (AvgIpc) is 3.49. The molecule has 1 N–H and O–H groups in total. The number of amides is 1. The molecule has 0 unspecified atom stereocenters. The van der Waals surface area contributed by atoms with Crippen LogP contribution < -0.4 is 10.2 Å². The Hall–Kier alpha value is -3.42. The number of hydrogen-bond donors (Lipinski definition) is 1. The number of hydrogen-bond acceptors (Lipinski definition) is 5. The Kier molecular flexibility index (Phi) is 5.52. The molecule has 0 saturated carbocycles. The molecule has 1 aliphatic rings. The maximum absolute atomic E-state index is 13.0. The lowest BCUT2D eigenvalue weighted by atomic mass is 10.1. The van der Waals surface area contributed by atoms with Crippen LogP contribution in [-0.4, -0.2) is 42.0 Å². The fraction of sp³-hybridized carbons (Fsp3) is 0.167. The molecular weight excluding hydrogens is 408 g/mol. The van der Waals surface area contributed by atoms with Gasteiger partial charge in [0.2, 0.25) is 0 Å². The van der Waals surface area contributed by atoms with Crippen LogP contribution in [0.2, 0.25) is 0 Å². The number of morpholine rings is 1. The monoisotopic (exact) mass is 430 g/mol. The first-order valence-corrected chi connectivity index (χ1v) is 11.0. The first-order valence-electron chi connectivity index (χ1n) is 10.2. The Morgan fingerprint density at radius 1 is 0.968 bits per heavy atom. The van der Waals surface area contributed by atoms with Crippen molar-refractivity contribution in [2.75, 3.05) is 36.5 Å². The van der Waals surface area contributed by atoms with E-state index in [0.29, 0.717) is 23.9 Å². The van der Waals surface area contributed by atoms with Gasteiger partial charge in [0.25, 0.3) is 5.91 Å². The van der Waals surface area contributed by atoms with Gasteiger partial charge in [-0.15, -0.1) is 11.3 Å². The van der Waals surface area contributed by atoms with Crippen LogP contribution in [-0.2, 0) is 4.74 Å². The molecule has 7 heteroatoms. The highest BCUT2D eigenvalue weighted by atomic mass is 32.1. The van der Waals surface area contributed by atoms with Crippen LogP contribution in [0.3, 0.4) is 0 Å². The summed E-state index contributed by atoms with van der Waals surface area (Å²) in [6.45, 7) is 3.04. The molecule has 3 heterocycles. The molecule has 0 atom stereocenters. The molecule has 0 bridgehead atoms. The lowest BCUT2D eigenvalue weighted by Gasteiger charge is -2.28. The third-order valence-electron chi connectivity index (χ3n) is 5.17. The molecule has 6 nitrogen and oxygen atoms in total. The Morgan fingerprint density at radius 2 is 1.68 bits per heavy atom. The molecule has 0 aliphatic carbocycles. The van der Waals surface area contributed by atoms with E-state index in [9.17, 15) is 4.79 Å². The van der Waals surface area contributed by atoms with Gasteiger partial charge in [0.15, 0.2) is 5.82 Å². The molecule has 2 aromatic heterocycles. The van der Waals surface area contributed by atoms with Crippen molar-refractivity contribution in [2.45, 2.75) is 0 Å². The van der Waals surface area contributed by atoms with Gasteiger partial charge in [-0.25, -0.2) is 4.68 Å². The number of benzene rings is 2. The smallest absolute Gasteiger partial charge is 0.267 e. The summed E-state index contributed by atoms with van der Waals surface area (Å²) in [6.07, 6.45) is 1.84. The molecule has 0 radical (unpaired) electrons. The molecule has 1 saturated heterocycles. The number of para-hydroxylation sites is 1. The quantitative estimate of drug-likeness (QED) is 0.499. The van der Waals surface area contributed by atoms with Crippen LogP contribution in [0.1, 0.15) is 9.67 Å². The van der Waals surface area contributed by atoms with E-state index in [1.54, 1.807) is 10.7 Å². The van der Waals surface area contributed by atoms with E-state index in [-0.39, 0.29) is 5.91 Å². The number of carbonyl (C=O) groups excluding carboxylic acids is 1. The van der Waals surface area contributed by atoms with Gasteiger partial charge in [0.1, 0.15) is 0 Å². The minimum absolute atomic E-state index is 0.153. The fourth-order valence-electron chi connectivity index (χ4n) is 3.61. The predicted molar refractivity (Wildman–Crippen MR) is 124 cm³/mol. The first-order chi connectivity index (χ1) is 15.3. The van der Waals surface area contributed by atoms with Gasteiger partial charge in [-0.1, -0.05) is 48.5 Å². The molecule has 2 aromatic carbocycles. The second-order valence-electron chi connectivity index (χ2n) is 7.23. The van der Waals surface area contributed by atoms with Crippen molar-refractivity contribution in [2.24, 2.45) is 0 Å². The zero-order valence-corrected chi connectivity index (χ0v) is 17.7. The number of anilines is 2. The van der Waals surface area contributed by atoms with Crippen molar-refractivity contribution in [3.63, 3.8) is 0 Å². The maximum Gasteiger partial charge on any atom is 0.267 e. The van der Waals surface area contributed by atoms with Gasteiger partial charge in [-0.05, 0) is 23.8 Å². The maximum atomic E-state index is 13.0. The third kappa shape index (κ3) is 4.23. The minimum Gasteiger partial charge on any atom is -0.378 e. The van der Waals surface area contributed by atoms with Crippen molar-refractivity contribution >= 4 is 28.1 Å². The summed E-state index contributed by atoms with van der Waals surface area (Å²) in [5, 5.41) is 8.53. The van der Waals surface area contributed by atoms with E-state index < -0.39 is 0 Å². The standard InChI is InChI=1S/C24H22N4O2S/c29-23(25-22-11-12-28(26-22)19-9-5-2-6-10-19)21-17-20(18-7-3-1-4-8-18)24(31-21)27-13-15-30-16-14-27/h1-12,17H,13-16H2,(H,25,26,29). The van der Waals surface area contributed by atoms with Crippen LogP contribution in [0.15, 0.2) is 79.0 Å². The van der Waals surface area contributed by atoms with Gasteiger partial charge < -0.3 is 15.0 Å². The van der Waals surface area contributed by atoms with E-state index in [2.05, 4.69) is 27.4 Å². The summed E-state index contributed by atoms with van der Waals surface area (Å²) in [6, 6.07) is 23.8. The summed E-state index contributed by atoms with van der Waals surface area (Å²) in [7, 11) is 0. The Morgan fingerprint density at radius 3 is 2.42 bits per heavy atom. The topological polar surface area (TPSA) is 59.4 Å². The Labute approximate surface area is 184 Å². The second kappa shape index (κ2) is 8.75. The second-order valence-corrected chi connectivity index (χ2v) is 8.26. The lowest BCUT2D eigenvalue weighted by Crippen LogP contribution is -2.35. The molecule has 1 fully saturated rings. The molecule has 31 heavy (non-hydrogen) atoms. The van der Waals surface area contributed by atoms with Crippen LogP contribution in [0.5, 0.6) is 0 Å². The van der Waals surface area contributed by atoms with E-state index in [4.69, 9.17) is 4.74 Å². The van der Waals surface area contributed by atoms with Gasteiger partial charge in [0.05, 0.1) is 28.8 Å². The van der Waals surface area contributed by atoms with Gasteiger partial charge in [-0.3, -0.25) is 4.79 Å². The van der Waals surface area contributed by atoms with Crippen LogP contribution >= 0.6 is 11.3 Å². The van der Waals surface area contributed by atoms with Crippen molar-refractivity contribution < 1.29 is 9.53 Å². The highest BCUT2D eigenvalue weighted by Crippen LogP contribution is 2.39. The number of nitrogens with one attached hydrogen (secondary N) is 1. The molecule has 5 rings (SSSR count). The number of rotatable bonds is 5. The predicted octanol–water partition coefficient (Wildman–Crippen LogP) is 4.69. The molecule has 156 valence electrons. The van der Waals surface area contributed by atoms with Gasteiger partial charge in [0, 0.05) is 30.9 Å². The van der Waals surface area contributed by atoms with Gasteiger partial charge >= 0.3 is 0 Å². The Bertz CT molecular complexity index is 1160. The molecule has 4 aromatic rings. The van der Waals surface area contributed by atoms with E-state index in [1.165, 1.54) is 11.3 Å². The Balaban J connectivity index is 1.41. The zero-order chi connectivity index (χ0) is 21.0. The molecule has 1 aliphatic heterocycles. The highest BCUT2D eigenvalue weighted by molar-refractivity contribution is 7.18. The average molecular weight is 431 g/mol. The van der Waals surface area contributed by atoms with E-state index in [0.717, 1.165) is 34.9 Å². The number of nitrogens with zero attached hydrogens (tertiary/aromatic N) is 3. The molecule has 0 spiro atoms. The summed E-state index contributed by atoms with van der Waals surface area (Å²) in [5.74, 6) is 0.372. The van der Waals surface area contributed by atoms with Crippen molar-refractivity contribution in [1.29, 1.82) is 0 Å². The van der Waals surface area contributed by atoms with E-state index >= 15 is 0 Å². The largest absolute Gasteiger partial charge is 0.378 e. The van der Waals surface area contributed by atoms with Gasteiger partial charge in [-0.2, -0.15) is 5.10 Å². The SMILES string of the molecule is O=C(Nc1ccn(-c2ccccc2)n1)c1cc(-c2ccccc2)c(N2CCOCC2)s1. The summed E-state index contributed by atoms with van der Waals surface area (Å²) >= 11 is 1.52. The van der Waals surface area contributed by atoms with Crippen LogP contribution in [0, 0.1) is 0 Å². The minimum atomic E-state index is -0.153. The number of carbonyl (C=O) groups is 1. The number of ether oxygens (including phenoxy) is 1. The van der Waals surface area contributed by atoms with Crippen molar-refractivity contribution in [3.8, 4) is 16.8 Å². The van der Waals surface area contributed by atoms with Crippen LogP contribution in [0.4, 0.5) is 10.8 Å². The molecular formula is C24H22N4O2S. The summed E-state index contributed by atoms with van der Waals surface area (Å²) < 4.78 is 7.26. The number of thiophene rings is 1. The van der Waals surface area contributed by atoms with E-state index in [1.807, 2.05) is 60.8 Å². The highest BCUT2D eigenvalue weighted by Gasteiger charge is 2.22. The fourth-order valence-corrected chi connectivity index (χ4v) is 4.74. The zero-order valence-electron chi connectivity index (χ0n) is 16.9. The van der Waals surface area contributed by atoms with Crippen molar-refractivity contribution in [3.05, 3.63) is 83.9 Å². The van der Waals surface area contributed by atoms with Crippen molar-refractivity contribution in [1.82, 2.24) is 9.78 Å². The molecule has 1 amide bonds. The summed E-state index contributed by atoms with van der Waals surface area (Å²) in [4.78, 5) is 16.0. The first kappa shape index (κ1) is 19.5. The number of aromatic nitrogens is 2. The normalized spacial score (nSPS) is 13.9. The summed E-state index contributed by atoms with van der Waals surface area (Å²) in [5.41, 5.74) is 3.13. The third-order valence-corrected chi connectivity index (χ3v) is 6.37. The lowest BCUT2D eigenvalue weighted by molar-refractivity contribution is 0.103.